The van der Waals surface area contributed by atoms with Crippen LogP contribution in [-0.4, -0.2) is 10.9 Å². The van der Waals surface area contributed by atoms with E-state index in [-0.39, 0.29) is 5.78 Å². The van der Waals surface area contributed by atoms with Gasteiger partial charge in [0.15, 0.2) is 5.78 Å². The summed E-state index contributed by atoms with van der Waals surface area (Å²) in [7, 11) is 0. The van der Waals surface area contributed by atoms with Crippen molar-refractivity contribution in [3.63, 3.8) is 0 Å². The third-order valence-corrected chi connectivity index (χ3v) is 3.87. The Bertz CT molecular complexity index is 762. The minimum Gasteiger partial charge on any atom is -0.388 e. The molecule has 0 aliphatic heterocycles. The SMILES string of the molecule is O=C(c1ccccc1)c1ccc(C(O)Cc2ccccc2)cc1. The third kappa shape index (κ3) is 3.74. The number of hydrogen-bond donors (Lipinski definition) is 1. The predicted molar refractivity (Wildman–Crippen MR) is 91.4 cm³/mol. The van der Waals surface area contributed by atoms with Crippen LogP contribution in [0.2, 0.25) is 0 Å². The second-order valence-electron chi connectivity index (χ2n) is 5.52. The molecule has 0 fully saturated rings. The summed E-state index contributed by atoms with van der Waals surface area (Å²) in [5.41, 5.74) is 3.21. The van der Waals surface area contributed by atoms with Gasteiger partial charge in [-0.05, 0) is 11.1 Å². The van der Waals surface area contributed by atoms with Gasteiger partial charge >= 0.3 is 0 Å². The highest BCUT2D eigenvalue weighted by Gasteiger charge is 2.11. The highest BCUT2D eigenvalue weighted by Crippen LogP contribution is 2.20. The molecule has 114 valence electrons. The molecule has 3 rings (SSSR count). The molecule has 0 saturated heterocycles. The van der Waals surface area contributed by atoms with Crippen LogP contribution in [0.4, 0.5) is 0 Å². The molecule has 1 unspecified atom stereocenters. The highest BCUT2D eigenvalue weighted by atomic mass is 16.3. The molecular weight excluding hydrogens is 284 g/mol. The summed E-state index contributed by atoms with van der Waals surface area (Å²) < 4.78 is 0. The first-order valence-electron chi connectivity index (χ1n) is 7.66. The number of aliphatic hydroxyl groups excluding tert-OH is 1. The molecule has 3 aromatic carbocycles. The summed E-state index contributed by atoms with van der Waals surface area (Å²) in [6.45, 7) is 0. The predicted octanol–water partition coefficient (Wildman–Crippen LogP) is 4.19. The molecule has 1 N–H and O–H groups in total. The molecule has 0 amide bonds. The minimum absolute atomic E-state index is 0.00491. The van der Waals surface area contributed by atoms with Crippen LogP contribution in [0.15, 0.2) is 84.9 Å². The van der Waals surface area contributed by atoms with Gasteiger partial charge in [0.1, 0.15) is 0 Å². The van der Waals surface area contributed by atoms with Gasteiger partial charge in [0.25, 0.3) is 0 Å². The van der Waals surface area contributed by atoms with Gasteiger partial charge in [-0.1, -0.05) is 84.9 Å². The Morgan fingerprint density at radius 1 is 0.739 bits per heavy atom. The zero-order valence-electron chi connectivity index (χ0n) is 12.7. The van der Waals surface area contributed by atoms with Gasteiger partial charge < -0.3 is 5.11 Å². The first-order valence-corrected chi connectivity index (χ1v) is 7.66. The van der Waals surface area contributed by atoms with E-state index < -0.39 is 6.10 Å². The molecule has 1 atom stereocenters. The van der Waals surface area contributed by atoms with Crippen molar-refractivity contribution >= 4 is 5.78 Å². The summed E-state index contributed by atoms with van der Waals surface area (Å²) in [5, 5.41) is 10.3. The van der Waals surface area contributed by atoms with E-state index in [0.717, 1.165) is 11.1 Å². The van der Waals surface area contributed by atoms with E-state index in [1.54, 1.807) is 24.3 Å². The van der Waals surface area contributed by atoms with Crippen molar-refractivity contribution in [2.75, 3.05) is 0 Å². The summed E-state index contributed by atoms with van der Waals surface area (Å²) in [5.74, 6) is -0.00491. The fourth-order valence-electron chi connectivity index (χ4n) is 2.57. The molecule has 23 heavy (non-hydrogen) atoms. The Morgan fingerprint density at radius 3 is 1.87 bits per heavy atom. The van der Waals surface area contributed by atoms with E-state index in [4.69, 9.17) is 0 Å². The van der Waals surface area contributed by atoms with Crippen LogP contribution < -0.4 is 0 Å². The van der Waals surface area contributed by atoms with Crippen LogP contribution in [0.5, 0.6) is 0 Å². The monoisotopic (exact) mass is 302 g/mol. The van der Waals surface area contributed by atoms with Crippen molar-refractivity contribution in [2.45, 2.75) is 12.5 Å². The second-order valence-corrected chi connectivity index (χ2v) is 5.52. The Balaban J connectivity index is 1.73. The van der Waals surface area contributed by atoms with Gasteiger partial charge in [0.05, 0.1) is 6.10 Å². The largest absolute Gasteiger partial charge is 0.388 e. The molecule has 2 nitrogen and oxygen atoms in total. The van der Waals surface area contributed by atoms with Crippen molar-refractivity contribution < 1.29 is 9.90 Å². The van der Waals surface area contributed by atoms with Crippen LogP contribution >= 0.6 is 0 Å². The quantitative estimate of drug-likeness (QED) is 0.717. The van der Waals surface area contributed by atoms with E-state index in [9.17, 15) is 9.90 Å². The Labute approximate surface area is 136 Å². The molecule has 0 radical (unpaired) electrons. The Hall–Kier alpha value is -2.71. The maximum Gasteiger partial charge on any atom is 0.193 e. The molecule has 0 saturated carbocycles. The van der Waals surface area contributed by atoms with Crippen LogP contribution in [0.1, 0.15) is 33.2 Å². The van der Waals surface area contributed by atoms with Crippen molar-refractivity contribution in [3.05, 3.63) is 107 Å². The number of ketones is 1. The smallest absolute Gasteiger partial charge is 0.193 e. The van der Waals surface area contributed by atoms with Gasteiger partial charge in [-0.15, -0.1) is 0 Å². The Kier molecular flexibility index (Phi) is 4.65. The van der Waals surface area contributed by atoms with Gasteiger partial charge in [0.2, 0.25) is 0 Å². The number of rotatable bonds is 5. The number of aliphatic hydroxyl groups is 1. The normalized spacial score (nSPS) is 11.9. The molecule has 0 aliphatic carbocycles. The minimum atomic E-state index is -0.571. The topological polar surface area (TPSA) is 37.3 Å². The molecule has 0 heterocycles. The molecular formula is C21H18O2. The zero-order valence-corrected chi connectivity index (χ0v) is 12.7. The number of carbonyl (C=O) groups is 1. The third-order valence-electron chi connectivity index (χ3n) is 3.87. The Morgan fingerprint density at radius 2 is 1.26 bits per heavy atom. The van der Waals surface area contributed by atoms with Crippen molar-refractivity contribution in [3.8, 4) is 0 Å². The number of hydrogen-bond acceptors (Lipinski definition) is 2. The lowest BCUT2D eigenvalue weighted by Gasteiger charge is -2.11. The molecule has 0 aromatic heterocycles. The maximum absolute atomic E-state index is 12.4. The molecule has 0 aliphatic rings. The van der Waals surface area contributed by atoms with Gasteiger partial charge in [0, 0.05) is 17.5 Å². The van der Waals surface area contributed by atoms with E-state index in [1.807, 2.05) is 60.7 Å². The fourth-order valence-corrected chi connectivity index (χ4v) is 2.57. The van der Waals surface area contributed by atoms with Gasteiger partial charge in [-0.3, -0.25) is 4.79 Å². The number of benzene rings is 3. The van der Waals surface area contributed by atoms with E-state index in [1.165, 1.54) is 0 Å². The average Bonchev–Trinajstić information content (AvgIpc) is 2.63. The zero-order chi connectivity index (χ0) is 16.1. The lowest BCUT2D eigenvalue weighted by molar-refractivity contribution is 0.103. The summed E-state index contributed by atoms with van der Waals surface area (Å²) in [4.78, 5) is 12.4. The van der Waals surface area contributed by atoms with Crippen molar-refractivity contribution in [2.24, 2.45) is 0 Å². The van der Waals surface area contributed by atoms with E-state index in [0.29, 0.717) is 17.5 Å². The van der Waals surface area contributed by atoms with E-state index >= 15 is 0 Å². The second kappa shape index (κ2) is 7.03. The number of carbonyl (C=O) groups excluding carboxylic acids is 1. The summed E-state index contributed by atoms with van der Waals surface area (Å²) in [6.07, 6.45) is -0.00872. The first kappa shape index (κ1) is 15.2. The maximum atomic E-state index is 12.4. The van der Waals surface area contributed by atoms with Gasteiger partial charge in [-0.2, -0.15) is 0 Å². The van der Waals surface area contributed by atoms with Crippen molar-refractivity contribution in [1.82, 2.24) is 0 Å². The van der Waals surface area contributed by atoms with E-state index in [2.05, 4.69) is 0 Å². The summed E-state index contributed by atoms with van der Waals surface area (Å²) in [6, 6.07) is 26.3. The average molecular weight is 302 g/mol. The van der Waals surface area contributed by atoms with Crippen LogP contribution in [0, 0.1) is 0 Å². The van der Waals surface area contributed by atoms with Crippen molar-refractivity contribution in [1.29, 1.82) is 0 Å². The lowest BCUT2D eigenvalue weighted by Crippen LogP contribution is -2.04. The fraction of sp³-hybridized carbons (Fsp3) is 0.0952. The van der Waals surface area contributed by atoms with Crippen LogP contribution in [-0.2, 0) is 6.42 Å². The molecule has 3 aromatic rings. The van der Waals surface area contributed by atoms with Gasteiger partial charge in [-0.25, -0.2) is 0 Å². The summed E-state index contributed by atoms with van der Waals surface area (Å²) >= 11 is 0. The van der Waals surface area contributed by atoms with Crippen LogP contribution in [0.3, 0.4) is 0 Å². The highest BCUT2D eigenvalue weighted by molar-refractivity contribution is 6.08. The molecule has 0 bridgehead atoms. The van der Waals surface area contributed by atoms with Crippen LogP contribution in [0.25, 0.3) is 0 Å². The molecule has 2 heteroatoms. The molecule has 0 spiro atoms. The first-order chi connectivity index (χ1) is 11.2. The lowest BCUT2D eigenvalue weighted by atomic mass is 9.98. The standard InChI is InChI=1S/C21H18O2/c22-20(15-16-7-3-1-4-8-16)17-11-13-19(14-12-17)21(23)18-9-5-2-6-10-18/h1-14,20,22H,15H2.